The monoisotopic (exact) mass is 450 g/mol. The number of alkyl halides is 3. The number of likely N-dealkylation sites (tertiary alicyclic amines) is 1. The second-order valence-electron chi connectivity index (χ2n) is 7.54. The molecule has 1 aliphatic heterocycles. The number of benzene rings is 1. The number of furan rings is 1. The van der Waals surface area contributed by atoms with Crippen molar-refractivity contribution in [3.05, 3.63) is 53.5 Å². The molecule has 31 heavy (non-hydrogen) atoms. The zero-order valence-corrected chi connectivity index (χ0v) is 17.6. The molecule has 1 saturated heterocycles. The number of nitrogens with one attached hydrogen (secondary N) is 1. The van der Waals surface area contributed by atoms with E-state index in [1.807, 2.05) is 0 Å². The average Bonchev–Trinajstić information content (AvgIpc) is 3.49. The van der Waals surface area contributed by atoms with Crippen LogP contribution < -0.4 is 5.32 Å². The lowest BCUT2D eigenvalue weighted by molar-refractivity contribution is -0.137. The van der Waals surface area contributed by atoms with Crippen molar-refractivity contribution >= 4 is 22.6 Å². The molecular formula is C21H21F3N4O2S. The van der Waals surface area contributed by atoms with E-state index in [2.05, 4.69) is 26.5 Å². The van der Waals surface area contributed by atoms with Crippen LogP contribution in [0, 0.1) is 0 Å². The van der Waals surface area contributed by atoms with E-state index < -0.39 is 17.6 Å². The quantitative estimate of drug-likeness (QED) is 0.566. The van der Waals surface area contributed by atoms with Crippen LogP contribution in [0.2, 0.25) is 0 Å². The SMILES string of the molecule is CC(Cc1nsc(NC(=O)c2coc(-c3cccc(C(F)(F)F)c3)c2)n1)N1CCCC1. The van der Waals surface area contributed by atoms with Crippen molar-refractivity contribution in [1.29, 1.82) is 0 Å². The Hall–Kier alpha value is -2.72. The molecule has 3 aromatic rings. The molecular weight excluding hydrogens is 429 g/mol. The Kier molecular flexibility index (Phi) is 6.10. The van der Waals surface area contributed by atoms with Gasteiger partial charge in [0.25, 0.3) is 5.91 Å². The molecule has 1 amide bonds. The van der Waals surface area contributed by atoms with Gasteiger partial charge in [-0.15, -0.1) is 0 Å². The van der Waals surface area contributed by atoms with Crippen LogP contribution in [0.25, 0.3) is 11.3 Å². The summed E-state index contributed by atoms with van der Waals surface area (Å²) in [6, 6.07) is 6.50. The molecule has 0 bridgehead atoms. The molecule has 1 unspecified atom stereocenters. The maximum Gasteiger partial charge on any atom is 0.416 e. The third-order valence-corrected chi connectivity index (χ3v) is 5.93. The van der Waals surface area contributed by atoms with Crippen LogP contribution in [0.1, 0.15) is 41.5 Å². The summed E-state index contributed by atoms with van der Waals surface area (Å²) in [5.74, 6) is 0.391. The molecule has 1 aromatic carbocycles. The lowest BCUT2D eigenvalue weighted by atomic mass is 10.1. The first kappa shape index (κ1) is 21.5. The Labute approximate surface area is 181 Å². The van der Waals surface area contributed by atoms with Crippen LogP contribution in [0.5, 0.6) is 0 Å². The second-order valence-corrected chi connectivity index (χ2v) is 8.30. The van der Waals surface area contributed by atoms with Gasteiger partial charge in [-0.3, -0.25) is 10.1 Å². The normalized spacial score (nSPS) is 15.9. The predicted octanol–water partition coefficient (Wildman–Crippen LogP) is 5.10. The Bertz CT molecular complexity index is 1060. The van der Waals surface area contributed by atoms with Crippen molar-refractivity contribution in [3.63, 3.8) is 0 Å². The summed E-state index contributed by atoms with van der Waals surface area (Å²) in [5.41, 5.74) is -0.352. The Morgan fingerprint density at radius 3 is 2.81 bits per heavy atom. The number of aromatic nitrogens is 2. The van der Waals surface area contributed by atoms with E-state index in [1.54, 1.807) is 0 Å². The topological polar surface area (TPSA) is 71.3 Å². The van der Waals surface area contributed by atoms with Crippen molar-refractivity contribution in [1.82, 2.24) is 14.3 Å². The molecule has 10 heteroatoms. The first-order valence-electron chi connectivity index (χ1n) is 9.94. The highest BCUT2D eigenvalue weighted by molar-refractivity contribution is 7.09. The lowest BCUT2D eigenvalue weighted by Crippen LogP contribution is -2.32. The smallest absolute Gasteiger partial charge is 0.416 e. The number of carbonyl (C=O) groups is 1. The number of nitrogens with zero attached hydrogens (tertiary/aromatic N) is 3. The minimum absolute atomic E-state index is 0.175. The first-order valence-corrected chi connectivity index (χ1v) is 10.7. The summed E-state index contributed by atoms with van der Waals surface area (Å²) >= 11 is 1.10. The fourth-order valence-electron chi connectivity index (χ4n) is 3.59. The number of hydrogen-bond donors (Lipinski definition) is 1. The van der Waals surface area contributed by atoms with Crippen LogP contribution in [-0.2, 0) is 12.6 Å². The van der Waals surface area contributed by atoms with Gasteiger partial charge in [0.05, 0.1) is 11.1 Å². The van der Waals surface area contributed by atoms with Gasteiger partial charge in [-0.2, -0.15) is 17.5 Å². The zero-order valence-electron chi connectivity index (χ0n) is 16.8. The number of carbonyl (C=O) groups excluding carboxylic acids is 1. The third-order valence-electron chi connectivity index (χ3n) is 5.27. The van der Waals surface area contributed by atoms with Crippen molar-refractivity contribution in [3.8, 4) is 11.3 Å². The summed E-state index contributed by atoms with van der Waals surface area (Å²) in [7, 11) is 0. The number of halogens is 3. The first-order chi connectivity index (χ1) is 14.8. The van der Waals surface area contributed by atoms with Crippen molar-refractivity contribution in [2.75, 3.05) is 18.4 Å². The molecule has 2 aromatic heterocycles. The van der Waals surface area contributed by atoms with Gasteiger partial charge >= 0.3 is 6.18 Å². The third kappa shape index (κ3) is 5.13. The average molecular weight is 450 g/mol. The van der Waals surface area contributed by atoms with Gasteiger partial charge in [-0.05, 0) is 51.1 Å². The summed E-state index contributed by atoms with van der Waals surface area (Å²) in [5, 5.41) is 3.04. The van der Waals surface area contributed by atoms with Gasteiger partial charge in [0.2, 0.25) is 5.13 Å². The molecule has 1 atom stereocenters. The van der Waals surface area contributed by atoms with E-state index in [1.165, 1.54) is 37.3 Å². The van der Waals surface area contributed by atoms with Gasteiger partial charge in [-0.1, -0.05) is 12.1 Å². The van der Waals surface area contributed by atoms with Crippen LogP contribution in [-0.4, -0.2) is 39.3 Å². The molecule has 1 fully saturated rings. The molecule has 4 rings (SSSR count). The van der Waals surface area contributed by atoms with E-state index in [0.717, 1.165) is 36.8 Å². The summed E-state index contributed by atoms with van der Waals surface area (Å²) in [6.45, 7) is 4.32. The fraction of sp³-hybridized carbons (Fsp3) is 0.381. The Morgan fingerprint density at radius 2 is 2.06 bits per heavy atom. The Balaban J connectivity index is 1.40. The molecule has 0 saturated carbocycles. The molecule has 0 radical (unpaired) electrons. The van der Waals surface area contributed by atoms with Gasteiger partial charge in [0, 0.05) is 29.6 Å². The highest BCUT2D eigenvalue weighted by Crippen LogP contribution is 2.32. The molecule has 0 aliphatic carbocycles. The van der Waals surface area contributed by atoms with E-state index in [9.17, 15) is 18.0 Å². The van der Waals surface area contributed by atoms with E-state index >= 15 is 0 Å². The van der Waals surface area contributed by atoms with E-state index in [0.29, 0.717) is 23.4 Å². The lowest BCUT2D eigenvalue weighted by Gasteiger charge is -2.22. The second kappa shape index (κ2) is 8.80. The maximum atomic E-state index is 12.9. The molecule has 1 aliphatic rings. The van der Waals surface area contributed by atoms with Crippen molar-refractivity contribution < 1.29 is 22.4 Å². The number of rotatable bonds is 6. The van der Waals surface area contributed by atoms with Crippen LogP contribution in [0.4, 0.5) is 18.3 Å². The van der Waals surface area contributed by atoms with Gasteiger partial charge in [0.15, 0.2) is 0 Å². The number of amides is 1. The van der Waals surface area contributed by atoms with Crippen molar-refractivity contribution in [2.45, 2.75) is 38.4 Å². The molecule has 1 N–H and O–H groups in total. The fourth-order valence-corrected chi connectivity index (χ4v) is 4.18. The molecule has 6 nitrogen and oxygen atoms in total. The van der Waals surface area contributed by atoms with Crippen LogP contribution >= 0.6 is 11.5 Å². The molecule has 3 heterocycles. The molecule has 164 valence electrons. The maximum absolute atomic E-state index is 12.9. The number of hydrogen-bond acceptors (Lipinski definition) is 6. The highest BCUT2D eigenvalue weighted by Gasteiger charge is 2.30. The zero-order chi connectivity index (χ0) is 22.0. The van der Waals surface area contributed by atoms with Gasteiger partial charge in [-0.25, -0.2) is 4.98 Å². The van der Waals surface area contributed by atoms with Crippen LogP contribution in [0.3, 0.4) is 0 Å². The summed E-state index contributed by atoms with van der Waals surface area (Å²) < 4.78 is 48.4. The summed E-state index contributed by atoms with van der Waals surface area (Å²) in [6.07, 6.45) is -0.114. The minimum atomic E-state index is -4.45. The predicted molar refractivity (Wildman–Crippen MR) is 111 cm³/mol. The standard InChI is InChI=1S/C21H21F3N4O2S/c1-13(28-7-2-3-8-28)9-18-25-20(31-27-18)26-19(29)15-11-17(30-12-15)14-5-4-6-16(10-14)21(22,23)24/h4-6,10-13H,2-3,7-9H2,1H3,(H,25,26,27,29). The van der Waals surface area contributed by atoms with E-state index in [-0.39, 0.29) is 16.9 Å². The molecule has 0 spiro atoms. The van der Waals surface area contributed by atoms with Gasteiger partial charge < -0.3 is 9.32 Å². The summed E-state index contributed by atoms with van der Waals surface area (Å²) in [4.78, 5) is 19.3. The van der Waals surface area contributed by atoms with E-state index in [4.69, 9.17) is 4.42 Å². The van der Waals surface area contributed by atoms with Gasteiger partial charge in [0.1, 0.15) is 17.8 Å². The Morgan fingerprint density at radius 1 is 1.29 bits per heavy atom. The van der Waals surface area contributed by atoms with Crippen LogP contribution in [0.15, 0.2) is 41.0 Å². The number of anilines is 1. The van der Waals surface area contributed by atoms with Crippen molar-refractivity contribution in [2.24, 2.45) is 0 Å². The largest absolute Gasteiger partial charge is 0.464 e. The minimum Gasteiger partial charge on any atom is -0.464 e. The highest BCUT2D eigenvalue weighted by atomic mass is 32.1.